The first-order valence-corrected chi connectivity index (χ1v) is 13.0. The molecule has 0 radical (unpaired) electrons. The SMILES string of the molecule is CCNC(=O)N[C@H]1CCCN(c2n[nH]c3nccc(Oc4ccc(C(=O)Nc5cc(C(F)(F)F)ccn5)cc4)c23)C1. The third-order valence-corrected chi connectivity index (χ3v) is 6.47. The molecule has 11 nitrogen and oxygen atoms in total. The lowest BCUT2D eigenvalue weighted by atomic mass is 10.1. The van der Waals surface area contributed by atoms with Crippen molar-refractivity contribution in [3.8, 4) is 11.5 Å². The van der Waals surface area contributed by atoms with Gasteiger partial charge in [0.25, 0.3) is 5.91 Å². The molecule has 1 aliphatic heterocycles. The van der Waals surface area contributed by atoms with Crippen molar-refractivity contribution in [1.29, 1.82) is 0 Å². The molecular weight excluding hydrogens is 541 g/mol. The summed E-state index contributed by atoms with van der Waals surface area (Å²) in [7, 11) is 0. The number of rotatable bonds is 7. The van der Waals surface area contributed by atoms with Crippen LogP contribution in [0.3, 0.4) is 0 Å². The van der Waals surface area contributed by atoms with Gasteiger partial charge in [0, 0.05) is 49.7 Å². The molecule has 1 aromatic carbocycles. The molecule has 4 N–H and O–H groups in total. The number of pyridine rings is 2. The number of fused-ring (bicyclic) bond motifs is 1. The molecule has 1 aliphatic rings. The van der Waals surface area contributed by atoms with Crippen LogP contribution >= 0.6 is 0 Å². The summed E-state index contributed by atoms with van der Waals surface area (Å²) >= 11 is 0. The van der Waals surface area contributed by atoms with Gasteiger partial charge in [-0.05, 0) is 56.2 Å². The standard InChI is InChI=1S/C27H27F3N8O3/c1-2-31-26(40)34-18-4-3-13-38(15-18)24-22-20(10-12-33-23(22)36-37-24)41-19-7-5-16(6-8-19)25(39)35-21-14-17(9-11-32-21)27(28,29)30/h5-12,14,18H,2-4,13,15H2,1H3,(H2,31,34,40)(H,32,35,39)(H,33,36,37)/t18-/m0/s1. The molecule has 14 heteroatoms. The topological polar surface area (TPSA) is 137 Å². The molecule has 0 bridgehead atoms. The highest BCUT2D eigenvalue weighted by atomic mass is 19.4. The smallest absolute Gasteiger partial charge is 0.416 e. The predicted molar refractivity (Wildman–Crippen MR) is 145 cm³/mol. The van der Waals surface area contributed by atoms with E-state index >= 15 is 0 Å². The Kier molecular flexibility index (Phi) is 7.90. The van der Waals surface area contributed by atoms with Gasteiger partial charge in [-0.1, -0.05) is 0 Å². The van der Waals surface area contributed by atoms with E-state index in [1.165, 1.54) is 12.1 Å². The lowest BCUT2D eigenvalue weighted by Crippen LogP contribution is -2.50. The van der Waals surface area contributed by atoms with Gasteiger partial charge in [0.1, 0.15) is 22.7 Å². The fourth-order valence-corrected chi connectivity index (χ4v) is 4.57. The molecule has 214 valence electrons. The molecule has 1 atom stereocenters. The van der Waals surface area contributed by atoms with Gasteiger partial charge in [-0.15, -0.1) is 0 Å². The minimum atomic E-state index is -4.55. The molecule has 1 fully saturated rings. The van der Waals surface area contributed by atoms with E-state index in [-0.39, 0.29) is 23.5 Å². The van der Waals surface area contributed by atoms with Gasteiger partial charge in [-0.3, -0.25) is 9.89 Å². The van der Waals surface area contributed by atoms with Crippen LogP contribution in [0.15, 0.2) is 54.9 Å². The number of piperidine rings is 1. The number of anilines is 2. The summed E-state index contributed by atoms with van der Waals surface area (Å²) in [6, 6.07) is 9.19. The summed E-state index contributed by atoms with van der Waals surface area (Å²) in [4.78, 5) is 34.8. The number of ether oxygens (including phenoxy) is 1. The summed E-state index contributed by atoms with van der Waals surface area (Å²) in [6.45, 7) is 3.71. The Labute approximate surface area is 232 Å². The van der Waals surface area contributed by atoms with Crippen LogP contribution in [0.2, 0.25) is 0 Å². The molecule has 0 aliphatic carbocycles. The highest BCUT2D eigenvalue weighted by Crippen LogP contribution is 2.35. The number of urea groups is 1. The van der Waals surface area contributed by atoms with E-state index in [4.69, 9.17) is 4.74 Å². The molecule has 4 heterocycles. The zero-order chi connectivity index (χ0) is 29.0. The Balaban J connectivity index is 1.30. The van der Waals surface area contributed by atoms with Crippen LogP contribution < -0.4 is 25.6 Å². The number of alkyl halides is 3. The average Bonchev–Trinajstić information content (AvgIpc) is 3.39. The van der Waals surface area contributed by atoms with Crippen LogP contribution in [0.25, 0.3) is 11.0 Å². The molecule has 1 saturated heterocycles. The van der Waals surface area contributed by atoms with Crippen LogP contribution in [-0.2, 0) is 6.18 Å². The largest absolute Gasteiger partial charge is 0.456 e. The molecule has 5 rings (SSSR count). The summed E-state index contributed by atoms with van der Waals surface area (Å²) in [5, 5.41) is 16.2. The number of H-pyrrole nitrogens is 1. The number of nitrogens with zero attached hydrogens (tertiary/aromatic N) is 4. The Hall–Kier alpha value is -4.88. The molecule has 0 saturated carbocycles. The number of benzene rings is 1. The Morgan fingerprint density at radius 2 is 1.90 bits per heavy atom. The number of halogens is 3. The van der Waals surface area contributed by atoms with Crippen LogP contribution in [0.5, 0.6) is 11.5 Å². The first-order valence-electron chi connectivity index (χ1n) is 13.0. The summed E-state index contributed by atoms with van der Waals surface area (Å²) in [5.41, 5.74) is -0.174. The van der Waals surface area contributed by atoms with E-state index in [9.17, 15) is 22.8 Å². The van der Waals surface area contributed by atoms with E-state index in [0.717, 1.165) is 37.7 Å². The van der Waals surface area contributed by atoms with Crippen molar-refractivity contribution in [3.05, 3.63) is 66.0 Å². The second kappa shape index (κ2) is 11.7. The quantitative estimate of drug-likeness (QED) is 0.254. The van der Waals surface area contributed by atoms with Gasteiger partial charge in [-0.25, -0.2) is 14.8 Å². The Morgan fingerprint density at radius 3 is 2.66 bits per heavy atom. The molecule has 3 aromatic heterocycles. The number of aromatic amines is 1. The van der Waals surface area contributed by atoms with Crippen molar-refractivity contribution < 1.29 is 27.5 Å². The molecular formula is C27H27F3N8O3. The number of nitrogens with one attached hydrogen (secondary N) is 4. The number of amides is 3. The molecule has 41 heavy (non-hydrogen) atoms. The van der Waals surface area contributed by atoms with Gasteiger partial charge >= 0.3 is 12.2 Å². The number of carbonyl (C=O) groups excluding carboxylic acids is 2. The van der Waals surface area contributed by atoms with Crippen LogP contribution in [0, 0.1) is 0 Å². The number of aromatic nitrogens is 4. The molecule has 0 spiro atoms. The van der Waals surface area contributed by atoms with Crippen LogP contribution in [0.4, 0.5) is 29.6 Å². The van der Waals surface area contributed by atoms with E-state index in [0.29, 0.717) is 41.4 Å². The van der Waals surface area contributed by atoms with Gasteiger partial charge in [-0.2, -0.15) is 18.3 Å². The van der Waals surface area contributed by atoms with Gasteiger partial charge < -0.3 is 25.6 Å². The van der Waals surface area contributed by atoms with Crippen molar-refractivity contribution in [1.82, 2.24) is 30.8 Å². The Bertz CT molecular complexity index is 1540. The van der Waals surface area contributed by atoms with Crippen molar-refractivity contribution in [2.75, 3.05) is 29.9 Å². The van der Waals surface area contributed by atoms with E-state index in [1.54, 1.807) is 24.4 Å². The lowest BCUT2D eigenvalue weighted by Gasteiger charge is -2.33. The first-order chi connectivity index (χ1) is 19.7. The lowest BCUT2D eigenvalue weighted by molar-refractivity contribution is -0.137. The fourth-order valence-electron chi connectivity index (χ4n) is 4.57. The monoisotopic (exact) mass is 568 g/mol. The third kappa shape index (κ3) is 6.48. The van der Waals surface area contributed by atoms with Crippen molar-refractivity contribution >= 4 is 34.6 Å². The first kappa shape index (κ1) is 27.7. The maximum absolute atomic E-state index is 13.0. The van der Waals surface area contributed by atoms with Crippen molar-refractivity contribution in [3.63, 3.8) is 0 Å². The second-order valence-electron chi connectivity index (χ2n) is 9.38. The Morgan fingerprint density at radius 1 is 1.12 bits per heavy atom. The predicted octanol–water partition coefficient (Wildman–Crippen LogP) is 4.70. The average molecular weight is 569 g/mol. The highest BCUT2D eigenvalue weighted by molar-refractivity contribution is 6.03. The van der Waals surface area contributed by atoms with E-state index in [1.807, 2.05) is 6.92 Å². The van der Waals surface area contributed by atoms with E-state index in [2.05, 4.69) is 41.0 Å². The van der Waals surface area contributed by atoms with Crippen LogP contribution in [0.1, 0.15) is 35.7 Å². The van der Waals surface area contributed by atoms with E-state index < -0.39 is 17.6 Å². The third-order valence-electron chi connectivity index (χ3n) is 6.47. The summed E-state index contributed by atoms with van der Waals surface area (Å²) in [5.74, 6) is 0.733. The molecule has 0 unspecified atom stereocenters. The van der Waals surface area contributed by atoms with Crippen molar-refractivity contribution in [2.24, 2.45) is 0 Å². The molecule has 4 aromatic rings. The normalized spacial score (nSPS) is 15.4. The van der Waals surface area contributed by atoms with Crippen LogP contribution in [-0.4, -0.2) is 57.8 Å². The summed E-state index contributed by atoms with van der Waals surface area (Å²) in [6.07, 6.45) is -0.271. The zero-order valence-corrected chi connectivity index (χ0v) is 22.0. The number of hydrogen-bond donors (Lipinski definition) is 4. The maximum Gasteiger partial charge on any atom is 0.416 e. The van der Waals surface area contributed by atoms with Gasteiger partial charge in [0.2, 0.25) is 0 Å². The number of carbonyl (C=O) groups is 2. The fraction of sp³-hybridized carbons (Fsp3) is 0.296. The molecule has 3 amide bonds. The number of hydrogen-bond acceptors (Lipinski definition) is 7. The summed E-state index contributed by atoms with van der Waals surface area (Å²) < 4.78 is 45.0. The van der Waals surface area contributed by atoms with Crippen molar-refractivity contribution in [2.45, 2.75) is 32.0 Å². The van der Waals surface area contributed by atoms with Gasteiger partial charge in [0.15, 0.2) is 11.5 Å². The zero-order valence-electron chi connectivity index (χ0n) is 22.0. The maximum atomic E-state index is 13.0. The minimum Gasteiger partial charge on any atom is -0.456 e. The second-order valence-corrected chi connectivity index (χ2v) is 9.38. The van der Waals surface area contributed by atoms with Gasteiger partial charge in [0.05, 0.1) is 5.56 Å². The highest BCUT2D eigenvalue weighted by Gasteiger charge is 2.31. The minimum absolute atomic E-state index is 0.0482.